The van der Waals surface area contributed by atoms with Gasteiger partial charge in [-0.15, -0.1) is 0 Å². The van der Waals surface area contributed by atoms with E-state index in [1.807, 2.05) is 33.8 Å². The summed E-state index contributed by atoms with van der Waals surface area (Å²) in [6.07, 6.45) is 0. The molecule has 1 nitrogen and oxygen atoms in total. The van der Waals surface area contributed by atoms with Gasteiger partial charge in [0, 0.05) is 6.92 Å². The third-order valence-corrected chi connectivity index (χ3v) is 3.14. The fourth-order valence-corrected chi connectivity index (χ4v) is 1.83. The Balaban J connectivity index is 0.00000116. The molecule has 0 amide bonds. The van der Waals surface area contributed by atoms with Crippen LogP contribution in [0.15, 0.2) is 36.4 Å². The van der Waals surface area contributed by atoms with E-state index in [2.05, 4.69) is 0 Å². The summed E-state index contributed by atoms with van der Waals surface area (Å²) in [5, 5.41) is 0. The van der Waals surface area contributed by atoms with Gasteiger partial charge in [0.25, 0.3) is 5.92 Å². The molecule has 0 unspecified atom stereocenters. The lowest BCUT2D eigenvalue weighted by atomic mass is 10.1. The maximum absolute atomic E-state index is 14.0. The lowest BCUT2D eigenvalue weighted by Gasteiger charge is -2.14. The zero-order valence-corrected chi connectivity index (χ0v) is 13.5. The third kappa shape index (κ3) is 4.26. The van der Waals surface area contributed by atoms with Crippen molar-refractivity contribution in [2.75, 3.05) is 0 Å². The maximum Gasteiger partial charge on any atom is 0.273 e. The van der Waals surface area contributed by atoms with Crippen LogP contribution in [-0.4, -0.2) is 0 Å². The second-order valence-corrected chi connectivity index (χ2v) is 4.85. The summed E-state index contributed by atoms with van der Waals surface area (Å²) in [7, 11) is 0. The third-order valence-electron chi connectivity index (χ3n) is 3.14. The summed E-state index contributed by atoms with van der Waals surface area (Å²) in [6.45, 7) is 8.50. The topological polar surface area (TPSA) is 9.23 Å². The van der Waals surface area contributed by atoms with Crippen LogP contribution in [0.3, 0.4) is 0 Å². The normalized spacial score (nSPS) is 10.7. The van der Waals surface area contributed by atoms with Crippen LogP contribution in [0, 0.1) is 19.7 Å². The Kier molecular flexibility index (Phi) is 6.03. The summed E-state index contributed by atoms with van der Waals surface area (Å²) in [5.74, 6) is -4.05. The van der Waals surface area contributed by atoms with Crippen LogP contribution in [0.2, 0.25) is 0 Å². The lowest BCUT2D eigenvalue weighted by Crippen LogP contribution is -2.10. The van der Waals surface area contributed by atoms with E-state index in [1.165, 1.54) is 12.1 Å². The molecule has 2 aromatic rings. The molecule has 0 spiro atoms. The molecule has 4 heteroatoms. The van der Waals surface area contributed by atoms with E-state index in [4.69, 9.17) is 4.74 Å². The summed E-state index contributed by atoms with van der Waals surface area (Å²) in [6, 6.07) is 9.00. The molecule has 0 N–H and O–H groups in total. The van der Waals surface area contributed by atoms with Crippen molar-refractivity contribution in [2.45, 2.75) is 40.5 Å². The van der Waals surface area contributed by atoms with Crippen molar-refractivity contribution in [3.05, 3.63) is 58.9 Å². The summed E-state index contributed by atoms with van der Waals surface area (Å²) in [5.41, 5.74) is 1.39. The quantitative estimate of drug-likeness (QED) is 0.639. The fraction of sp³-hybridized carbons (Fsp3) is 0.333. The first kappa shape index (κ1) is 18.1. The molecule has 0 heterocycles. The van der Waals surface area contributed by atoms with Gasteiger partial charge in [-0.25, -0.2) is 13.2 Å². The maximum atomic E-state index is 14.0. The molecule has 0 saturated heterocycles. The van der Waals surface area contributed by atoms with Crippen molar-refractivity contribution in [3.63, 3.8) is 0 Å². The molecule has 120 valence electrons. The highest BCUT2D eigenvalue weighted by molar-refractivity contribution is 5.40. The van der Waals surface area contributed by atoms with E-state index >= 15 is 0 Å². The van der Waals surface area contributed by atoms with Gasteiger partial charge < -0.3 is 4.74 Å². The van der Waals surface area contributed by atoms with Gasteiger partial charge in [-0.1, -0.05) is 26.0 Å². The molecule has 0 aliphatic carbocycles. The van der Waals surface area contributed by atoms with Crippen LogP contribution < -0.4 is 4.74 Å². The van der Waals surface area contributed by atoms with Crippen molar-refractivity contribution in [2.24, 2.45) is 0 Å². The highest BCUT2D eigenvalue weighted by Crippen LogP contribution is 2.35. The summed E-state index contributed by atoms with van der Waals surface area (Å²) >= 11 is 0. The number of hydrogen-bond donors (Lipinski definition) is 0. The van der Waals surface area contributed by atoms with Crippen molar-refractivity contribution in [1.82, 2.24) is 0 Å². The molecule has 0 aliphatic rings. The van der Waals surface area contributed by atoms with E-state index in [-0.39, 0.29) is 5.75 Å². The molecule has 0 atom stereocenters. The molecule has 0 bridgehead atoms. The number of hydrogen-bond acceptors (Lipinski definition) is 1. The monoisotopic (exact) mass is 310 g/mol. The van der Waals surface area contributed by atoms with Crippen LogP contribution in [0.1, 0.15) is 37.5 Å². The van der Waals surface area contributed by atoms with Crippen LogP contribution in [0.25, 0.3) is 0 Å². The Morgan fingerprint density at radius 1 is 0.955 bits per heavy atom. The van der Waals surface area contributed by atoms with Crippen molar-refractivity contribution >= 4 is 0 Å². The molecule has 22 heavy (non-hydrogen) atoms. The van der Waals surface area contributed by atoms with Gasteiger partial charge in [-0.3, -0.25) is 0 Å². The summed E-state index contributed by atoms with van der Waals surface area (Å²) < 4.78 is 45.9. The Labute approximate surface area is 129 Å². The molecule has 0 aliphatic heterocycles. The number of halogens is 3. The van der Waals surface area contributed by atoms with Crippen molar-refractivity contribution < 1.29 is 17.9 Å². The van der Waals surface area contributed by atoms with Crippen molar-refractivity contribution in [1.29, 1.82) is 0 Å². The van der Waals surface area contributed by atoms with Gasteiger partial charge in [-0.2, -0.15) is 0 Å². The van der Waals surface area contributed by atoms with Gasteiger partial charge in [-0.05, 0) is 49.2 Å². The standard InChI is InChI=1S/C16H15F3O.C2H6/c1-10-7-8-12(9-11(10)2)20-14-6-4-5-13(15(14)17)16(3,18)19;1-2/h4-9H,1-3H3;1-2H3. The Bertz CT molecular complexity index is 631. The highest BCUT2D eigenvalue weighted by atomic mass is 19.3. The molecule has 0 radical (unpaired) electrons. The van der Waals surface area contributed by atoms with E-state index in [0.29, 0.717) is 12.7 Å². The lowest BCUT2D eigenvalue weighted by molar-refractivity contribution is 0.0134. The first-order valence-corrected chi connectivity index (χ1v) is 7.21. The molecule has 0 saturated carbocycles. The van der Waals surface area contributed by atoms with E-state index in [9.17, 15) is 13.2 Å². The molecular weight excluding hydrogens is 289 g/mol. The fourth-order valence-electron chi connectivity index (χ4n) is 1.83. The minimum Gasteiger partial charge on any atom is -0.454 e. The predicted octanol–water partition coefficient (Wildman–Crippen LogP) is 6.37. The van der Waals surface area contributed by atoms with Gasteiger partial charge in [0.05, 0.1) is 5.56 Å². The Hall–Kier alpha value is -1.97. The zero-order chi connectivity index (χ0) is 16.9. The molecule has 0 fully saturated rings. The second kappa shape index (κ2) is 7.34. The van der Waals surface area contributed by atoms with E-state index in [1.54, 1.807) is 12.1 Å². The number of benzene rings is 2. The Morgan fingerprint density at radius 2 is 1.59 bits per heavy atom. The number of ether oxygens (including phenoxy) is 1. The molecular formula is C18H21F3O. The highest BCUT2D eigenvalue weighted by Gasteiger charge is 2.29. The van der Waals surface area contributed by atoms with Crippen LogP contribution in [0.4, 0.5) is 13.2 Å². The number of rotatable bonds is 3. The first-order valence-electron chi connectivity index (χ1n) is 7.21. The molecule has 2 aromatic carbocycles. The average molecular weight is 310 g/mol. The van der Waals surface area contributed by atoms with Gasteiger partial charge in [0.15, 0.2) is 11.6 Å². The van der Waals surface area contributed by atoms with Gasteiger partial charge in [0.1, 0.15) is 5.75 Å². The number of alkyl halides is 2. The Morgan fingerprint density at radius 3 is 2.14 bits per heavy atom. The first-order chi connectivity index (χ1) is 10.3. The largest absolute Gasteiger partial charge is 0.454 e. The van der Waals surface area contributed by atoms with Crippen molar-refractivity contribution in [3.8, 4) is 11.5 Å². The SMILES string of the molecule is CC.Cc1ccc(Oc2cccc(C(C)(F)F)c2F)cc1C. The molecule has 0 aromatic heterocycles. The van der Waals surface area contributed by atoms with Gasteiger partial charge in [0.2, 0.25) is 0 Å². The van der Waals surface area contributed by atoms with Crippen LogP contribution in [-0.2, 0) is 5.92 Å². The average Bonchev–Trinajstić information content (AvgIpc) is 2.46. The van der Waals surface area contributed by atoms with Gasteiger partial charge >= 0.3 is 0 Å². The predicted molar refractivity (Wildman–Crippen MR) is 83.3 cm³/mol. The van der Waals surface area contributed by atoms with E-state index in [0.717, 1.165) is 17.2 Å². The molecule has 2 rings (SSSR count). The zero-order valence-electron chi connectivity index (χ0n) is 13.5. The smallest absolute Gasteiger partial charge is 0.273 e. The minimum atomic E-state index is -3.24. The van der Waals surface area contributed by atoms with Crippen LogP contribution in [0.5, 0.6) is 11.5 Å². The summed E-state index contributed by atoms with van der Waals surface area (Å²) in [4.78, 5) is 0. The minimum absolute atomic E-state index is 0.202. The second-order valence-electron chi connectivity index (χ2n) is 4.85. The van der Waals surface area contributed by atoms with E-state index < -0.39 is 17.3 Å². The van der Waals surface area contributed by atoms with Crippen LogP contribution >= 0.6 is 0 Å². The number of aryl methyl sites for hydroxylation is 2.